The van der Waals surface area contributed by atoms with Crippen molar-refractivity contribution in [1.82, 2.24) is 5.32 Å². The van der Waals surface area contributed by atoms with Crippen molar-refractivity contribution in [2.24, 2.45) is 17.8 Å². The molecule has 2 nitrogen and oxygen atoms in total. The van der Waals surface area contributed by atoms with Crippen LogP contribution in [0, 0.1) is 17.8 Å². The summed E-state index contributed by atoms with van der Waals surface area (Å²) in [7, 11) is 0. The number of fused-ring (bicyclic) bond motifs is 3. The Labute approximate surface area is 92.8 Å². The van der Waals surface area contributed by atoms with E-state index < -0.39 is 0 Å². The number of nitrogens with one attached hydrogen (secondary N) is 1. The highest BCUT2D eigenvalue weighted by Crippen LogP contribution is 2.46. The molecule has 3 fully saturated rings. The smallest absolute Gasteiger partial charge is 0.219 e. The van der Waals surface area contributed by atoms with Crippen molar-refractivity contribution in [3.05, 3.63) is 0 Å². The predicted octanol–water partition coefficient (Wildman–Crippen LogP) is 2.73. The van der Waals surface area contributed by atoms with E-state index in [-0.39, 0.29) is 5.91 Å². The number of hydrogen-bond acceptors (Lipinski definition) is 1. The average molecular weight is 209 g/mol. The Morgan fingerprint density at radius 3 is 2.47 bits per heavy atom. The SMILES string of the molecule is CCC(=O)NC(C)C1CC2CCC1CC2. The van der Waals surface area contributed by atoms with E-state index in [1.165, 1.54) is 32.1 Å². The first-order chi connectivity index (χ1) is 7.20. The summed E-state index contributed by atoms with van der Waals surface area (Å²) in [5, 5.41) is 3.15. The van der Waals surface area contributed by atoms with Crippen LogP contribution in [0.1, 0.15) is 52.4 Å². The topological polar surface area (TPSA) is 29.1 Å². The number of carbonyl (C=O) groups excluding carboxylic acids is 1. The maximum atomic E-state index is 11.4. The fourth-order valence-electron chi connectivity index (χ4n) is 3.50. The molecule has 3 saturated carbocycles. The van der Waals surface area contributed by atoms with Gasteiger partial charge < -0.3 is 5.32 Å². The van der Waals surface area contributed by atoms with E-state index in [1.54, 1.807) is 0 Å². The molecule has 0 spiro atoms. The molecule has 0 aromatic carbocycles. The molecule has 2 atom stereocenters. The monoisotopic (exact) mass is 209 g/mol. The Hall–Kier alpha value is -0.530. The fraction of sp³-hybridized carbons (Fsp3) is 0.923. The first-order valence-electron chi connectivity index (χ1n) is 6.50. The largest absolute Gasteiger partial charge is 0.353 e. The standard InChI is InChI=1S/C13H23NO/c1-3-13(15)14-9(2)12-8-10-4-6-11(12)7-5-10/h9-12H,3-8H2,1-2H3,(H,14,15). The lowest BCUT2D eigenvalue weighted by Crippen LogP contribution is -2.45. The Bertz CT molecular complexity index is 231. The molecule has 0 heterocycles. The van der Waals surface area contributed by atoms with Crippen LogP contribution < -0.4 is 5.32 Å². The molecule has 0 saturated heterocycles. The zero-order valence-corrected chi connectivity index (χ0v) is 9.96. The van der Waals surface area contributed by atoms with Gasteiger partial charge in [-0.2, -0.15) is 0 Å². The lowest BCUT2D eigenvalue weighted by atomic mass is 9.63. The maximum absolute atomic E-state index is 11.4. The lowest BCUT2D eigenvalue weighted by Gasteiger charge is -2.45. The fourth-order valence-corrected chi connectivity index (χ4v) is 3.50. The van der Waals surface area contributed by atoms with Crippen molar-refractivity contribution in [3.8, 4) is 0 Å². The van der Waals surface area contributed by atoms with Crippen molar-refractivity contribution in [1.29, 1.82) is 0 Å². The van der Waals surface area contributed by atoms with Crippen molar-refractivity contribution in [3.63, 3.8) is 0 Å². The third-order valence-corrected chi connectivity index (χ3v) is 4.45. The predicted molar refractivity (Wildman–Crippen MR) is 61.5 cm³/mol. The molecule has 86 valence electrons. The molecule has 1 amide bonds. The van der Waals surface area contributed by atoms with Crippen LogP contribution in [0.25, 0.3) is 0 Å². The van der Waals surface area contributed by atoms with Gasteiger partial charge in [0.25, 0.3) is 0 Å². The normalized spacial score (nSPS) is 36.3. The maximum Gasteiger partial charge on any atom is 0.219 e. The van der Waals surface area contributed by atoms with Gasteiger partial charge in [0.15, 0.2) is 0 Å². The summed E-state index contributed by atoms with van der Waals surface area (Å²) < 4.78 is 0. The summed E-state index contributed by atoms with van der Waals surface area (Å²) in [4.78, 5) is 11.4. The molecule has 2 heteroatoms. The Morgan fingerprint density at radius 2 is 2.00 bits per heavy atom. The zero-order chi connectivity index (χ0) is 10.8. The first kappa shape index (κ1) is 11.0. The second-order valence-electron chi connectivity index (χ2n) is 5.39. The van der Waals surface area contributed by atoms with Gasteiger partial charge in [-0.25, -0.2) is 0 Å². The summed E-state index contributed by atoms with van der Waals surface area (Å²) in [5.74, 6) is 2.82. The van der Waals surface area contributed by atoms with E-state index in [0.29, 0.717) is 12.5 Å². The highest BCUT2D eigenvalue weighted by Gasteiger charge is 2.38. The highest BCUT2D eigenvalue weighted by atomic mass is 16.1. The van der Waals surface area contributed by atoms with Gasteiger partial charge in [-0.3, -0.25) is 4.79 Å². The van der Waals surface area contributed by atoms with Crippen LogP contribution >= 0.6 is 0 Å². The van der Waals surface area contributed by atoms with E-state index in [9.17, 15) is 4.79 Å². The molecule has 2 unspecified atom stereocenters. The Morgan fingerprint density at radius 1 is 1.33 bits per heavy atom. The van der Waals surface area contributed by atoms with E-state index >= 15 is 0 Å². The van der Waals surface area contributed by atoms with Crippen LogP contribution in [0.3, 0.4) is 0 Å². The molecule has 3 aliphatic rings. The van der Waals surface area contributed by atoms with Crippen molar-refractivity contribution in [2.45, 2.75) is 58.4 Å². The summed E-state index contributed by atoms with van der Waals surface area (Å²) in [5.41, 5.74) is 0. The summed E-state index contributed by atoms with van der Waals surface area (Å²) in [6.45, 7) is 4.12. The van der Waals surface area contributed by atoms with E-state index in [0.717, 1.165) is 17.8 Å². The highest BCUT2D eigenvalue weighted by molar-refractivity contribution is 5.75. The molecular weight excluding hydrogens is 186 g/mol. The second kappa shape index (κ2) is 4.54. The van der Waals surface area contributed by atoms with Crippen LogP contribution in [0.2, 0.25) is 0 Å². The van der Waals surface area contributed by atoms with Gasteiger partial charge in [0.2, 0.25) is 5.91 Å². The van der Waals surface area contributed by atoms with Gasteiger partial charge >= 0.3 is 0 Å². The molecular formula is C13H23NO. The van der Waals surface area contributed by atoms with Crippen molar-refractivity contribution >= 4 is 5.91 Å². The number of hydrogen-bond donors (Lipinski definition) is 1. The van der Waals surface area contributed by atoms with Gasteiger partial charge in [-0.1, -0.05) is 19.8 Å². The van der Waals surface area contributed by atoms with Gasteiger partial charge in [-0.15, -0.1) is 0 Å². The van der Waals surface area contributed by atoms with Gasteiger partial charge in [0.05, 0.1) is 0 Å². The Balaban J connectivity index is 1.90. The third kappa shape index (κ3) is 2.35. The number of carbonyl (C=O) groups is 1. The quantitative estimate of drug-likeness (QED) is 0.761. The van der Waals surface area contributed by atoms with Crippen molar-refractivity contribution < 1.29 is 4.79 Å². The van der Waals surface area contributed by atoms with Gasteiger partial charge in [0.1, 0.15) is 0 Å². The average Bonchev–Trinajstić information content (AvgIpc) is 2.30. The summed E-state index contributed by atoms with van der Waals surface area (Å²) in [6.07, 6.45) is 7.66. The summed E-state index contributed by atoms with van der Waals surface area (Å²) >= 11 is 0. The molecule has 1 N–H and O–H groups in total. The summed E-state index contributed by atoms with van der Waals surface area (Å²) in [6, 6.07) is 0.394. The molecule has 0 aromatic rings. The van der Waals surface area contributed by atoms with E-state index in [2.05, 4.69) is 12.2 Å². The third-order valence-electron chi connectivity index (χ3n) is 4.45. The number of amides is 1. The molecule has 0 radical (unpaired) electrons. The molecule has 0 aliphatic heterocycles. The van der Waals surface area contributed by atoms with Crippen LogP contribution in [0.4, 0.5) is 0 Å². The lowest BCUT2D eigenvalue weighted by molar-refractivity contribution is -0.122. The first-order valence-corrected chi connectivity index (χ1v) is 6.50. The Kier molecular flexibility index (Phi) is 3.32. The second-order valence-corrected chi connectivity index (χ2v) is 5.39. The molecule has 3 rings (SSSR count). The minimum absolute atomic E-state index is 0.212. The van der Waals surface area contributed by atoms with Crippen molar-refractivity contribution in [2.75, 3.05) is 0 Å². The van der Waals surface area contributed by atoms with Gasteiger partial charge in [0, 0.05) is 12.5 Å². The number of rotatable bonds is 3. The van der Waals surface area contributed by atoms with E-state index in [1.807, 2.05) is 6.92 Å². The van der Waals surface area contributed by atoms with Crippen LogP contribution in [-0.4, -0.2) is 11.9 Å². The zero-order valence-electron chi connectivity index (χ0n) is 9.96. The van der Waals surface area contributed by atoms with Crippen LogP contribution in [0.5, 0.6) is 0 Å². The van der Waals surface area contributed by atoms with Gasteiger partial charge in [-0.05, 0) is 43.9 Å². The van der Waals surface area contributed by atoms with Crippen LogP contribution in [0.15, 0.2) is 0 Å². The molecule has 0 aromatic heterocycles. The van der Waals surface area contributed by atoms with E-state index in [4.69, 9.17) is 0 Å². The minimum atomic E-state index is 0.212. The molecule has 2 bridgehead atoms. The molecule has 15 heavy (non-hydrogen) atoms. The molecule has 3 aliphatic carbocycles. The van der Waals surface area contributed by atoms with Crippen LogP contribution in [-0.2, 0) is 4.79 Å². The minimum Gasteiger partial charge on any atom is -0.353 e.